The van der Waals surface area contributed by atoms with Gasteiger partial charge in [0.05, 0.1) is 24.9 Å². The molecule has 2 amide bonds. The molecule has 0 saturated heterocycles. The van der Waals surface area contributed by atoms with Gasteiger partial charge in [0.1, 0.15) is 17.6 Å². The normalized spacial score (nSPS) is 9.85. The smallest absolute Gasteiger partial charge is 0.260 e. The Balaban J connectivity index is 1.91. The lowest BCUT2D eigenvalue weighted by atomic mass is 10.2. The molecule has 0 heterocycles. The van der Waals surface area contributed by atoms with Gasteiger partial charge in [0.15, 0.2) is 6.61 Å². The number of amides is 2. The molecule has 8 heteroatoms. The number of hydrogen-bond donors (Lipinski definition) is 1. The van der Waals surface area contributed by atoms with Crippen LogP contribution in [0.15, 0.2) is 42.5 Å². The molecule has 0 radical (unpaired) electrons. The molecule has 0 aliphatic carbocycles. The van der Waals surface area contributed by atoms with Gasteiger partial charge in [0.2, 0.25) is 5.91 Å². The van der Waals surface area contributed by atoms with Crippen LogP contribution in [0, 0.1) is 11.3 Å². The van der Waals surface area contributed by atoms with Crippen LogP contribution < -0.4 is 14.8 Å². The molecule has 0 aromatic heterocycles. The van der Waals surface area contributed by atoms with Crippen molar-refractivity contribution in [3.63, 3.8) is 0 Å². The van der Waals surface area contributed by atoms with E-state index >= 15 is 0 Å². The topological polar surface area (TPSA) is 91.7 Å². The first-order chi connectivity index (χ1) is 12.9. The molecule has 2 aromatic rings. The summed E-state index contributed by atoms with van der Waals surface area (Å²) in [6.07, 6.45) is 0. The van der Waals surface area contributed by atoms with E-state index < -0.39 is 11.8 Å². The number of carbonyl (C=O) groups is 2. The van der Waals surface area contributed by atoms with Crippen molar-refractivity contribution in [3.8, 4) is 17.6 Å². The zero-order chi connectivity index (χ0) is 19.8. The molecule has 27 heavy (non-hydrogen) atoms. The third-order valence-corrected chi connectivity index (χ3v) is 3.84. The highest BCUT2D eigenvalue weighted by molar-refractivity contribution is 6.31. The first kappa shape index (κ1) is 20.1. The maximum atomic E-state index is 12.2. The molecule has 2 rings (SSSR count). The number of nitrogens with zero attached hydrogens (tertiary/aromatic N) is 2. The zero-order valence-electron chi connectivity index (χ0n) is 14.9. The van der Waals surface area contributed by atoms with E-state index in [1.807, 2.05) is 6.07 Å². The minimum atomic E-state index is -0.413. The van der Waals surface area contributed by atoms with Crippen LogP contribution in [0.25, 0.3) is 0 Å². The molecule has 0 fully saturated rings. The second-order valence-corrected chi connectivity index (χ2v) is 5.98. The number of anilines is 1. The Morgan fingerprint density at radius 2 is 1.96 bits per heavy atom. The molecular weight excluding hydrogens is 370 g/mol. The van der Waals surface area contributed by atoms with Gasteiger partial charge in [-0.15, -0.1) is 0 Å². The van der Waals surface area contributed by atoms with Crippen molar-refractivity contribution in [3.05, 3.63) is 53.1 Å². The van der Waals surface area contributed by atoms with Crippen LogP contribution in [-0.2, 0) is 9.59 Å². The Hall–Kier alpha value is -3.24. The van der Waals surface area contributed by atoms with E-state index in [1.54, 1.807) is 42.5 Å². The van der Waals surface area contributed by atoms with Crippen molar-refractivity contribution in [1.82, 2.24) is 4.90 Å². The van der Waals surface area contributed by atoms with E-state index in [-0.39, 0.29) is 13.2 Å². The fourth-order valence-electron chi connectivity index (χ4n) is 2.21. The highest BCUT2D eigenvalue weighted by Gasteiger charge is 2.16. The predicted octanol–water partition coefficient (Wildman–Crippen LogP) is 2.70. The average Bonchev–Trinajstić information content (AvgIpc) is 2.66. The van der Waals surface area contributed by atoms with Gasteiger partial charge >= 0.3 is 0 Å². The fraction of sp³-hybridized carbons (Fsp3) is 0.211. The first-order valence-electron chi connectivity index (χ1n) is 7.94. The zero-order valence-corrected chi connectivity index (χ0v) is 15.6. The van der Waals surface area contributed by atoms with Crippen molar-refractivity contribution >= 4 is 29.1 Å². The molecule has 0 aliphatic rings. The van der Waals surface area contributed by atoms with Gasteiger partial charge in [0, 0.05) is 12.1 Å². The number of rotatable bonds is 7. The van der Waals surface area contributed by atoms with Gasteiger partial charge in [-0.1, -0.05) is 23.7 Å². The Labute approximate surface area is 162 Å². The summed E-state index contributed by atoms with van der Waals surface area (Å²) in [5.41, 5.74) is 0.744. The lowest BCUT2D eigenvalue weighted by molar-refractivity contribution is -0.135. The number of likely N-dealkylation sites (N-methyl/N-ethyl adjacent to an activating group) is 1. The highest BCUT2D eigenvalue weighted by Crippen LogP contribution is 2.27. The number of nitrogens with one attached hydrogen (secondary N) is 1. The largest absolute Gasteiger partial charge is 0.495 e. The second-order valence-electron chi connectivity index (χ2n) is 5.54. The minimum absolute atomic E-state index is 0.183. The summed E-state index contributed by atoms with van der Waals surface area (Å²) in [5, 5.41) is 12.1. The van der Waals surface area contributed by atoms with Crippen molar-refractivity contribution in [1.29, 1.82) is 5.26 Å². The predicted molar refractivity (Wildman–Crippen MR) is 101 cm³/mol. The Bertz CT molecular complexity index is 879. The van der Waals surface area contributed by atoms with Crippen LogP contribution in [0.1, 0.15) is 5.56 Å². The maximum absolute atomic E-state index is 12.2. The molecule has 140 valence electrons. The van der Waals surface area contributed by atoms with E-state index in [9.17, 15) is 9.59 Å². The summed E-state index contributed by atoms with van der Waals surface area (Å²) in [7, 11) is 2.96. The van der Waals surface area contributed by atoms with Crippen LogP contribution in [0.4, 0.5) is 5.69 Å². The molecule has 7 nitrogen and oxygen atoms in total. The summed E-state index contributed by atoms with van der Waals surface area (Å²) in [6, 6.07) is 13.4. The average molecular weight is 388 g/mol. The fourth-order valence-corrected chi connectivity index (χ4v) is 2.38. The minimum Gasteiger partial charge on any atom is -0.495 e. The van der Waals surface area contributed by atoms with E-state index in [2.05, 4.69) is 5.32 Å². The number of halogens is 1. The molecule has 0 unspecified atom stereocenters. The van der Waals surface area contributed by atoms with Gasteiger partial charge in [-0.05, 0) is 30.3 Å². The Morgan fingerprint density at radius 3 is 2.67 bits per heavy atom. The van der Waals surface area contributed by atoms with Crippen molar-refractivity contribution in [2.45, 2.75) is 0 Å². The Kier molecular flexibility index (Phi) is 7.03. The number of para-hydroxylation sites is 1. The molecule has 0 bridgehead atoms. The summed E-state index contributed by atoms with van der Waals surface area (Å²) in [6.45, 7) is -0.472. The summed E-state index contributed by atoms with van der Waals surface area (Å²) in [4.78, 5) is 25.6. The summed E-state index contributed by atoms with van der Waals surface area (Å²) >= 11 is 5.93. The number of nitriles is 1. The van der Waals surface area contributed by atoms with E-state index in [4.69, 9.17) is 26.3 Å². The number of hydrogen-bond acceptors (Lipinski definition) is 5. The molecule has 0 aliphatic heterocycles. The third-order valence-electron chi connectivity index (χ3n) is 3.60. The van der Waals surface area contributed by atoms with Crippen molar-refractivity contribution in [2.75, 3.05) is 32.6 Å². The molecule has 0 atom stereocenters. The molecule has 0 spiro atoms. The second kappa shape index (κ2) is 9.46. The van der Waals surface area contributed by atoms with Gasteiger partial charge < -0.3 is 19.7 Å². The quantitative estimate of drug-likeness (QED) is 0.788. The lowest BCUT2D eigenvalue weighted by Crippen LogP contribution is -2.37. The Morgan fingerprint density at radius 1 is 1.22 bits per heavy atom. The monoisotopic (exact) mass is 387 g/mol. The van der Waals surface area contributed by atoms with Crippen LogP contribution in [0.5, 0.6) is 11.5 Å². The number of carbonyl (C=O) groups excluding carboxylic acids is 2. The SMILES string of the molecule is COc1ccc(Cl)cc1NC(=O)CN(C)C(=O)COc1ccccc1C#N. The van der Waals surface area contributed by atoms with Gasteiger partial charge in [-0.3, -0.25) is 9.59 Å². The van der Waals surface area contributed by atoms with Gasteiger partial charge in [0.25, 0.3) is 5.91 Å². The molecule has 1 N–H and O–H groups in total. The standard InChI is InChI=1S/C19H18ClN3O4/c1-23(19(25)12-27-16-6-4-3-5-13(16)10-21)11-18(24)22-15-9-14(20)7-8-17(15)26-2/h3-9H,11-12H2,1-2H3,(H,22,24). The van der Waals surface area contributed by atoms with Crippen LogP contribution in [0.2, 0.25) is 5.02 Å². The molecular formula is C19H18ClN3O4. The summed E-state index contributed by atoms with van der Waals surface area (Å²) in [5.74, 6) is -0.0483. The number of ether oxygens (including phenoxy) is 2. The van der Waals surface area contributed by atoms with E-state index in [0.29, 0.717) is 27.8 Å². The van der Waals surface area contributed by atoms with Gasteiger partial charge in [-0.25, -0.2) is 0 Å². The summed E-state index contributed by atoms with van der Waals surface area (Å²) < 4.78 is 10.5. The van der Waals surface area contributed by atoms with Gasteiger partial charge in [-0.2, -0.15) is 5.26 Å². The van der Waals surface area contributed by atoms with Crippen LogP contribution in [0.3, 0.4) is 0 Å². The number of benzene rings is 2. The maximum Gasteiger partial charge on any atom is 0.260 e. The lowest BCUT2D eigenvalue weighted by Gasteiger charge is -2.18. The van der Waals surface area contributed by atoms with Crippen LogP contribution >= 0.6 is 11.6 Å². The first-order valence-corrected chi connectivity index (χ1v) is 8.31. The van der Waals surface area contributed by atoms with Crippen LogP contribution in [-0.4, -0.2) is 44.0 Å². The number of methoxy groups -OCH3 is 1. The van der Waals surface area contributed by atoms with E-state index in [1.165, 1.54) is 19.1 Å². The van der Waals surface area contributed by atoms with E-state index in [0.717, 1.165) is 0 Å². The molecule has 0 saturated carbocycles. The highest BCUT2D eigenvalue weighted by atomic mass is 35.5. The third kappa shape index (κ3) is 5.62. The molecule has 2 aromatic carbocycles. The van der Waals surface area contributed by atoms with Crippen molar-refractivity contribution in [2.24, 2.45) is 0 Å². The van der Waals surface area contributed by atoms with Crippen molar-refractivity contribution < 1.29 is 19.1 Å².